The number of esters is 1. The number of methoxy groups -OCH3 is 1. The Balaban J connectivity index is 2.02. The maximum absolute atomic E-state index is 11.9. The molecule has 3 nitrogen and oxygen atoms in total. The summed E-state index contributed by atoms with van der Waals surface area (Å²) in [6.45, 7) is 2.20. The fraction of sp³-hybridized carbons (Fsp3) is 0.292. The Bertz CT molecular complexity index is 960. The van der Waals surface area contributed by atoms with Crippen LogP contribution in [0.2, 0.25) is 0 Å². The molecule has 1 unspecified atom stereocenters. The number of benzene rings is 2. The molecule has 1 heterocycles. The van der Waals surface area contributed by atoms with Crippen LogP contribution in [0.25, 0.3) is 10.9 Å². The van der Waals surface area contributed by atoms with E-state index in [2.05, 4.69) is 35.9 Å². The van der Waals surface area contributed by atoms with E-state index in [0.29, 0.717) is 5.56 Å². The first-order chi connectivity index (χ1) is 13.2. The van der Waals surface area contributed by atoms with Crippen molar-refractivity contribution in [3.8, 4) is 11.8 Å². The molecule has 0 spiro atoms. The first-order valence-corrected chi connectivity index (χ1v) is 9.47. The van der Waals surface area contributed by atoms with Crippen molar-refractivity contribution in [2.45, 2.75) is 38.5 Å². The van der Waals surface area contributed by atoms with Crippen LogP contribution in [0.3, 0.4) is 0 Å². The minimum Gasteiger partial charge on any atom is -0.465 e. The van der Waals surface area contributed by atoms with Crippen molar-refractivity contribution in [1.82, 2.24) is 4.98 Å². The zero-order chi connectivity index (χ0) is 19.1. The van der Waals surface area contributed by atoms with Crippen LogP contribution in [0.15, 0.2) is 54.7 Å². The molecular formula is C24H25NO2. The Labute approximate surface area is 160 Å². The van der Waals surface area contributed by atoms with Crippen LogP contribution in [0.4, 0.5) is 0 Å². The molecule has 0 saturated carbocycles. The third-order valence-corrected chi connectivity index (χ3v) is 4.73. The highest BCUT2D eigenvalue weighted by molar-refractivity contribution is 5.96. The van der Waals surface area contributed by atoms with Gasteiger partial charge in [0.1, 0.15) is 0 Å². The SMILES string of the molecule is CCCCCC#CC(c1ccccc1)c1c[nH]c2ccc(C(=O)OC)cc12. The quantitative estimate of drug-likeness (QED) is 0.350. The van der Waals surface area contributed by atoms with Crippen LogP contribution in [0, 0.1) is 11.8 Å². The number of H-pyrrole nitrogens is 1. The molecule has 27 heavy (non-hydrogen) atoms. The number of nitrogens with one attached hydrogen (secondary N) is 1. The average molecular weight is 359 g/mol. The number of unbranched alkanes of at least 4 members (excludes halogenated alkanes) is 3. The van der Waals surface area contributed by atoms with Gasteiger partial charge in [0.05, 0.1) is 18.6 Å². The summed E-state index contributed by atoms with van der Waals surface area (Å²) in [5, 5.41) is 1.01. The smallest absolute Gasteiger partial charge is 0.337 e. The predicted octanol–water partition coefficient (Wildman–Crippen LogP) is 5.67. The van der Waals surface area contributed by atoms with Gasteiger partial charge in [0, 0.05) is 23.5 Å². The Hall–Kier alpha value is -2.99. The lowest BCUT2D eigenvalue weighted by atomic mass is 9.91. The summed E-state index contributed by atoms with van der Waals surface area (Å²) in [4.78, 5) is 15.3. The number of carbonyl (C=O) groups excluding carboxylic acids is 1. The maximum Gasteiger partial charge on any atom is 0.337 e. The zero-order valence-electron chi connectivity index (χ0n) is 15.9. The standard InChI is InChI=1S/C24H25NO2/c1-3-4-5-6-10-13-20(18-11-8-7-9-12-18)22-17-25-23-15-14-19(16-21(22)23)24(26)27-2/h7-9,11-12,14-17,20,25H,3-6H2,1-2H3. The summed E-state index contributed by atoms with van der Waals surface area (Å²) in [7, 11) is 1.40. The van der Waals surface area contributed by atoms with E-state index >= 15 is 0 Å². The molecule has 1 aromatic heterocycles. The van der Waals surface area contributed by atoms with Gasteiger partial charge in [0.25, 0.3) is 0 Å². The molecule has 0 aliphatic rings. The van der Waals surface area contributed by atoms with Gasteiger partial charge in [-0.15, -0.1) is 5.92 Å². The highest BCUT2D eigenvalue weighted by Crippen LogP contribution is 2.31. The van der Waals surface area contributed by atoms with Gasteiger partial charge in [0.2, 0.25) is 0 Å². The highest BCUT2D eigenvalue weighted by Gasteiger charge is 2.17. The molecule has 1 atom stereocenters. The van der Waals surface area contributed by atoms with Crippen molar-refractivity contribution in [1.29, 1.82) is 0 Å². The number of hydrogen-bond donors (Lipinski definition) is 1. The van der Waals surface area contributed by atoms with Crippen LogP contribution in [-0.2, 0) is 4.74 Å². The van der Waals surface area contributed by atoms with Gasteiger partial charge in [-0.1, -0.05) is 56.0 Å². The largest absolute Gasteiger partial charge is 0.465 e. The zero-order valence-corrected chi connectivity index (χ0v) is 15.9. The lowest BCUT2D eigenvalue weighted by Crippen LogP contribution is -2.01. The normalized spacial score (nSPS) is 11.6. The summed E-state index contributed by atoms with van der Waals surface area (Å²) < 4.78 is 4.87. The minimum atomic E-state index is -0.328. The van der Waals surface area contributed by atoms with E-state index in [4.69, 9.17) is 4.74 Å². The molecule has 3 rings (SSSR count). The van der Waals surface area contributed by atoms with Crippen molar-refractivity contribution in [3.63, 3.8) is 0 Å². The Morgan fingerprint density at radius 1 is 1.15 bits per heavy atom. The first kappa shape index (κ1) is 18.8. The lowest BCUT2D eigenvalue weighted by molar-refractivity contribution is 0.0601. The Morgan fingerprint density at radius 3 is 2.70 bits per heavy atom. The van der Waals surface area contributed by atoms with E-state index in [9.17, 15) is 4.79 Å². The predicted molar refractivity (Wildman–Crippen MR) is 110 cm³/mol. The van der Waals surface area contributed by atoms with Crippen molar-refractivity contribution >= 4 is 16.9 Å². The van der Waals surface area contributed by atoms with Gasteiger partial charge < -0.3 is 9.72 Å². The molecule has 138 valence electrons. The number of hydrogen-bond acceptors (Lipinski definition) is 2. The van der Waals surface area contributed by atoms with E-state index in [-0.39, 0.29) is 11.9 Å². The molecule has 1 N–H and O–H groups in total. The number of ether oxygens (including phenoxy) is 1. The molecule has 0 aliphatic carbocycles. The fourth-order valence-corrected chi connectivity index (χ4v) is 3.25. The molecule has 2 aromatic carbocycles. The highest BCUT2D eigenvalue weighted by atomic mass is 16.5. The van der Waals surface area contributed by atoms with E-state index in [1.165, 1.54) is 20.0 Å². The van der Waals surface area contributed by atoms with Gasteiger partial charge in [-0.05, 0) is 35.7 Å². The van der Waals surface area contributed by atoms with E-state index in [1.54, 1.807) is 6.07 Å². The Morgan fingerprint density at radius 2 is 1.96 bits per heavy atom. The third kappa shape index (κ3) is 4.41. The lowest BCUT2D eigenvalue weighted by Gasteiger charge is -2.11. The van der Waals surface area contributed by atoms with Crippen LogP contribution < -0.4 is 0 Å². The number of aromatic amines is 1. The summed E-state index contributed by atoms with van der Waals surface area (Å²) in [5.74, 6) is 6.47. The fourth-order valence-electron chi connectivity index (χ4n) is 3.25. The van der Waals surface area contributed by atoms with Crippen molar-refractivity contribution in [2.24, 2.45) is 0 Å². The van der Waals surface area contributed by atoms with Gasteiger partial charge in [-0.25, -0.2) is 4.79 Å². The van der Waals surface area contributed by atoms with Crippen molar-refractivity contribution in [2.75, 3.05) is 7.11 Å². The molecule has 3 heteroatoms. The third-order valence-electron chi connectivity index (χ3n) is 4.73. The molecular weight excluding hydrogens is 334 g/mol. The topological polar surface area (TPSA) is 42.1 Å². The monoisotopic (exact) mass is 359 g/mol. The van der Waals surface area contributed by atoms with Crippen molar-refractivity contribution in [3.05, 3.63) is 71.4 Å². The summed E-state index contributed by atoms with van der Waals surface area (Å²) >= 11 is 0. The number of carbonyl (C=O) groups is 1. The molecule has 0 bridgehead atoms. The van der Waals surface area contributed by atoms with E-state index < -0.39 is 0 Å². The van der Waals surface area contributed by atoms with Crippen LogP contribution in [0.5, 0.6) is 0 Å². The molecule has 0 fully saturated rings. The number of aromatic nitrogens is 1. The summed E-state index contributed by atoms with van der Waals surface area (Å²) in [5.41, 5.74) is 3.79. The summed E-state index contributed by atoms with van der Waals surface area (Å²) in [6, 6.07) is 15.9. The van der Waals surface area contributed by atoms with E-state index in [0.717, 1.165) is 34.9 Å². The van der Waals surface area contributed by atoms with Gasteiger partial charge in [-0.2, -0.15) is 0 Å². The van der Waals surface area contributed by atoms with Gasteiger partial charge in [-0.3, -0.25) is 0 Å². The maximum atomic E-state index is 11.9. The van der Waals surface area contributed by atoms with Gasteiger partial charge >= 0.3 is 5.97 Å². The van der Waals surface area contributed by atoms with Crippen LogP contribution >= 0.6 is 0 Å². The number of fused-ring (bicyclic) bond motifs is 1. The first-order valence-electron chi connectivity index (χ1n) is 9.47. The average Bonchev–Trinajstić information content (AvgIpc) is 3.13. The minimum absolute atomic E-state index is 0.0329. The summed E-state index contributed by atoms with van der Waals surface area (Å²) in [6.07, 6.45) is 6.45. The van der Waals surface area contributed by atoms with Crippen LogP contribution in [-0.4, -0.2) is 18.1 Å². The Kier molecular flexibility index (Phi) is 6.33. The molecule has 0 saturated heterocycles. The molecule has 0 amide bonds. The van der Waals surface area contributed by atoms with E-state index in [1.807, 2.05) is 36.5 Å². The van der Waals surface area contributed by atoms with Crippen LogP contribution in [0.1, 0.15) is 60.0 Å². The second kappa shape index (κ2) is 9.09. The molecule has 0 aliphatic heterocycles. The number of rotatable bonds is 6. The second-order valence-corrected chi connectivity index (χ2v) is 6.62. The van der Waals surface area contributed by atoms with Gasteiger partial charge in [0.15, 0.2) is 0 Å². The van der Waals surface area contributed by atoms with Crippen molar-refractivity contribution < 1.29 is 9.53 Å². The second-order valence-electron chi connectivity index (χ2n) is 6.62. The molecule has 3 aromatic rings. The molecule has 0 radical (unpaired) electrons.